The molecule has 12 heavy (non-hydrogen) atoms. The minimum absolute atomic E-state index is 0.0498. The molecule has 1 rings (SSSR count). The summed E-state index contributed by atoms with van der Waals surface area (Å²) in [5.41, 5.74) is 0.619. The summed E-state index contributed by atoms with van der Waals surface area (Å²) >= 11 is 0. The number of hydrogen-bond acceptors (Lipinski definition) is 2. The third-order valence-corrected chi connectivity index (χ3v) is 2.11. The fraction of sp³-hybridized carbons (Fsp3) is 0.556. The number of hydrogen-bond donors (Lipinski definition) is 1. The Labute approximate surface area is 71.9 Å². The molecular weight excluding hydrogens is 152 g/mol. The first-order chi connectivity index (χ1) is 5.79. The van der Waals surface area contributed by atoms with E-state index in [9.17, 15) is 4.79 Å². The van der Waals surface area contributed by atoms with E-state index in [-0.39, 0.29) is 5.56 Å². The molecule has 0 aromatic carbocycles. The van der Waals surface area contributed by atoms with Crippen LogP contribution < -0.4 is 5.56 Å². The SMILES string of the molecule is CCC(CC)c1ncc[nH]c1=O. The smallest absolute Gasteiger partial charge is 0.269 e. The molecule has 1 aromatic rings. The Morgan fingerprint density at radius 3 is 2.67 bits per heavy atom. The Bertz CT molecular complexity index is 289. The fourth-order valence-electron chi connectivity index (χ4n) is 1.33. The summed E-state index contributed by atoms with van der Waals surface area (Å²) < 4.78 is 0. The van der Waals surface area contributed by atoms with Crippen LogP contribution in [0.15, 0.2) is 17.2 Å². The topological polar surface area (TPSA) is 45.8 Å². The van der Waals surface area contributed by atoms with Crippen molar-refractivity contribution in [3.8, 4) is 0 Å². The van der Waals surface area contributed by atoms with Gasteiger partial charge in [-0.15, -0.1) is 0 Å². The van der Waals surface area contributed by atoms with E-state index in [2.05, 4.69) is 23.8 Å². The van der Waals surface area contributed by atoms with E-state index in [1.807, 2.05) is 0 Å². The zero-order valence-corrected chi connectivity index (χ0v) is 7.50. The molecule has 1 heterocycles. The summed E-state index contributed by atoms with van der Waals surface area (Å²) in [5.74, 6) is 0.301. The lowest BCUT2D eigenvalue weighted by Crippen LogP contribution is -2.17. The van der Waals surface area contributed by atoms with Crippen LogP contribution in [0, 0.1) is 0 Å². The summed E-state index contributed by atoms with van der Waals surface area (Å²) in [7, 11) is 0. The molecule has 0 aliphatic heterocycles. The van der Waals surface area contributed by atoms with Gasteiger partial charge in [-0.2, -0.15) is 0 Å². The quantitative estimate of drug-likeness (QED) is 0.742. The fourth-order valence-corrected chi connectivity index (χ4v) is 1.33. The van der Waals surface area contributed by atoms with Crippen molar-refractivity contribution in [2.24, 2.45) is 0 Å². The molecule has 0 atom stereocenters. The minimum Gasteiger partial charge on any atom is -0.326 e. The van der Waals surface area contributed by atoms with Crippen LogP contribution in [0.5, 0.6) is 0 Å². The molecule has 1 aromatic heterocycles. The minimum atomic E-state index is -0.0498. The van der Waals surface area contributed by atoms with Crippen LogP contribution in [0.25, 0.3) is 0 Å². The Morgan fingerprint density at radius 1 is 1.50 bits per heavy atom. The second-order valence-corrected chi connectivity index (χ2v) is 2.82. The lowest BCUT2D eigenvalue weighted by atomic mass is 10.00. The van der Waals surface area contributed by atoms with Crippen LogP contribution in [0.4, 0.5) is 0 Å². The van der Waals surface area contributed by atoms with Crippen molar-refractivity contribution in [2.45, 2.75) is 32.6 Å². The van der Waals surface area contributed by atoms with Gasteiger partial charge in [-0.25, -0.2) is 0 Å². The van der Waals surface area contributed by atoms with Gasteiger partial charge >= 0.3 is 0 Å². The van der Waals surface area contributed by atoms with Crippen LogP contribution in [-0.2, 0) is 0 Å². The van der Waals surface area contributed by atoms with Gasteiger partial charge in [0.25, 0.3) is 5.56 Å². The standard InChI is InChI=1S/C9H14N2O/c1-3-7(4-2)8-9(12)11-6-5-10-8/h5-7H,3-4H2,1-2H3,(H,11,12). The third-order valence-electron chi connectivity index (χ3n) is 2.11. The highest BCUT2D eigenvalue weighted by Gasteiger charge is 2.11. The number of H-pyrrole nitrogens is 1. The van der Waals surface area contributed by atoms with Crippen LogP contribution in [-0.4, -0.2) is 9.97 Å². The Balaban J connectivity index is 3.00. The maximum Gasteiger partial charge on any atom is 0.269 e. The summed E-state index contributed by atoms with van der Waals surface area (Å²) in [5, 5.41) is 0. The first-order valence-corrected chi connectivity index (χ1v) is 4.33. The number of aromatic nitrogens is 2. The van der Waals surface area contributed by atoms with E-state index in [0.717, 1.165) is 12.8 Å². The monoisotopic (exact) mass is 166 g/mol. The lowest BCUT2D eigenvalue weighted by molar-refractivity contribution is 0.613. The molecule has 0 aliphatic rings. The number of nitrogens with zero attached hydrogens (tertiary/aromatic N) is 1. The summed E-state index contributed by atoms with van der Waals surface area (Å²) in [6.45, 7) is 4.14. The van der Waals surface area contributed by atoms with Crippen LogP contribution >= 0.6 is 0 Å². The molecule has 1 N–H and O–H groups in total. The summed E-state index contributed by atoms with van der Waals surface area (Å²) in [6.07, 6.45) is 5.14. The van der Waals surface area contributed by atoms with Crippen molar-refractivity contribution in [3.05, 3.63) is 28.4 Å². The van der Waals surface area contributed by atoms with E-state index in [4.69, 9.17) is 0 Å². The van der Waals surface area contributed by atoms with Crippen molar-refractivity contribution in [1.29, 1.82) is 0 Å². The molecule has 0 bridgehead atoms. The zero-order valence-electron chi connectivity index (χ0n) is 7.50. The molecule has 3 nitrogen and oxygen atoms in total. The van der Waals surface area contributed by atoms with Crippen molar-refractivity contribution in [3.63, 3.8) is 0 Å². The van der Waals surface area contributed by atoms with Crippen molar-refractivity contribution >= 4 is 0 Å². The maximum absolute atomic E-state index is 11.3. The first-order valence-electron chi connectivity index (χ1n) is 4.33. The molecule has 3 heteroatoms. The predicted molar refractivity (Wildman–Crippen MR) is 48.2 cm³/mol. The maximum atomic E-state index is 11.3. The van der Waals surface area contributed by atoms with Gasteiger partial charge < -0.3 is 4.98 Å². The largest absolute Gasteiger partial charge is 0.326 e. The highest BCUT2D eigenvalue weighted by atomic mass is 16.1. The van der Waals surface area contributed by atoms with Crippen LogP contribution in [0.1, 0.15) is 38.3 Å². The molecule has 0 amide bonds. The molecule has 0 saturated carbocycles. The van der Waals surface area contributed by atoms with Crippen LogP contribution in [0.3, 0.4) is 0 Å². The van der Waals surface area contributed by atoms with E-state index >= 15 is 0 Å². The summed E-state index contributed by atoms with van der Waals surface area (Å²) in [4.78, 5) is 18.0. The van der Waals surface area contributed by atoms with Crippen molar-refractivity contribution in [2.75, 3.05) is 0 Å². The van der Waals surface area contributed by atoms with Crippen molar-refractivity contribution < 1.29 is 0 Å². The van der Waals surface area contributed by atoms with Gasteiger partial charge in [0.1, 0.15) is 5.69 Å². The second-order valence-electron chi connectivity index (χ2n) is 2.82. The van der Waals surface area contributed by atoms with Crippen LogP contribution in [0.2, 0.25) is 0 Å². The number of nitrogens with one attached hydrogen (secondary N) is 1. The van der Waals surface area contributed by atoms with Gasteiger partial charge in [0.2, 0.25) is 0 Å². The van der Waals surface area contributed by atoms with E-state index in [0.29, 0.717) is 11.6 Å². The number of aromatic amines is 1. The van der Waals surface area contributed by atoms with Gasteiger partial charge in [-0.1, -0.05) is 13.8 Å². The highest BCUT2D eigenvalue weighted by Crippen LogP contribution is 2.16. The molecule has 0 fully saturated rings. The normalized spacial score (nSPS) is 10.6. The highest BCUT2D eigenvalue weighted by molar-refractivity contribution is 5.02. The van der Waals surface area contributed by atoms with Gasteiger partial charge in [-0.3, -0.25) is 9.78 Å². The molecular formula is C9H14N2O. The Kier molecular flexibility index (Phi) is 3.02. The molecule has 0 unspecified atom stereocenters. The Morgan fingerprint density at radius 2 is 2.17 bits per heavy atom. The average Bonchev–Trinajstić information content (AvgIpc) is 2.10. The third kappa shape index (κ3) is 1.72. The zero-order chi connectivity index (χ0) is 8.97. The average molecular weight is 166 g/mol. The predicted octanol–water partition coefficient (Wildman–Crippen LogP) is 1.67. The van der Waals surface area contributed by atoms with Gasteiger partial charge in [-0.05, 0) is 12.8 Å². The number of rotatable bonds is 3. The molecule has 0 aliphatic carbocycles. The van der Waals surface area contributed by atoms with Crippen molar-refractivity contribution in [1.82, 2.24) is 9.97 Å². The first kappa shape index (κ1) is 8.97. The molecule has 0 spiro atoms. The lowest BCUT2D eigenvalue weighted by Gasteiger charge is -2.08. The molecule has 0 saturated heterocycles. The molecule has 66 valence electrons. The van der Waals surface area contributed by atoms with E-state index in [1.165, 1.54) is 0 Å². The van der Waals surface area contributed by atoms with Gasteiger partial charge in [0.05, 0.1) is 0 Å². The van der Waals surface area contributed by atoms with E-state index < -0.39 is 0 Å². The Hall–Kier alpha value is -1.12. The van der Waals surface area contributed by atoms with Gasteiger partial charge in [0, 0.05) is 18.3 Å². The van der Waals surface area contributed by atoms with E-state index in [1.54, 1.807) is 12.4 Å². The van der Waals surface area contributed by atoms with Gasteiger partial charge in [0.15, 0.2) is 0 Å². The second kappa shape index (κ2) is 4.04. The molecule has 0 radical (unpaired) electrons. The summed E-state index contributed by atoms with van der Waals surface area (Å²) in [6, 6.07) is 0.